The number of methoxy groups -OCH3 is 1. The molecule has 0 fully saturated rings. The number of halogens is 1. The molecular formula is C10H9BrN2O. The van der Waals surface area contributed by atoms with Gasteiger partial charge in [-0.05, 0) is 35.0 Å². The van der Waals surface area contributed by atoms with E-state index in [4.69, 9.17) is 4.74 Å². The van der Waals surface area contributed by atoms with Gasteiger partial charge >= 0.3 is 0 Å². The van der Waals surface area contributed by atoms with Gasteiger partial charge in [-0.2, -0.15) is 0 Å². The van der Waals surface area contributed by atoms with Crippen LogP contribution in [0.15, 0.2) is 22.8 Å². The summed E-state index contributed by atoms with van der Waals surface area (Å²) in [5, 5.41) is 0. The summed E-state index contributed by atoms with van der Waals surface area (Å²) < 4.78 is 6.03. The normalized spacial score (nSPS) is 10.5. The second kappa shape index (κ2) is 3.53. The smallest absolute Gasteiger partial charge is 0.135 e. The molecule has 0 amide bonds. The molecule has 0 aliphatic heterocycles. The molecule has 0 bridgehead atoms. The summed E-state index contributed by atoms with van der Waals surface area (Å²) >= 11 is 3.45. The molecular weight excluding hydrogens is 244 g/mol. The van der Waals surface area contributed by atoms with Crippen molar-refractivity contribution in [2.45, 2.75) is 6.92 Å². The van der Waals surface area contributed by atoms with Crippen molar-refractivity contribution in [3.05, 3.63) is 28.5 Å². The molecule has 2 rings (SSSR count). The summed E-state index contributed by atoms with van der Waals surface area (Å²) in [4.78, 5) is 8.66. The number of benzene rings is 1. The van der Waals surface area contributed by atoms with E-state index in [0.29, 0.717) is 0 Å². The monoisotopic (exact) mass is 252 g/mol. The highest BCUT2D eigenvalue weighted by atomic mass is 79.9. The Morgan fingerprint density at radius 2 is 2.14 bits per heavy atom. The summed E-state index contributed by atoms with van der Waals surface area (Å²) in [5.74, 6) is 0.775. The Hall–Kier alpha value is -1.16. The van der Waals surface area contributed by atoms with E-state index in [2.05, 4.69) is 25.9 Å². The van der Waals surface area contributed by atoms with Crippen molar-refractivity contribution >= 4 is 27.0 Å². The number of fused-ring (bicyclic) bond motifs is 1. The van der Waals surface area contributed by atoms with E-state index in [-0.39, 0.29) is 0 Å². The van der Waals surface area contributed by atoms with Crippen molar-refractivity contribution in [2.75, 3.05) is 7.11 Å². The number of ether oxygens (including phenoxy) is 1. The molecule has 1 heterocycles. The Kier molecular flexibility index (Phi) is 2.37. The molecule has 0 saturated heterocycles. The van der Waals surface area contributed by atoms with Crippen molar-refractivity contribution in [1.82, 2.24) is 9.97 Å². The van der Waals surface area contributed by atoms with Gasteiger partial charge in [0.25, 0.3) is 0 Å². The van der Waals surface area contributed by atoms with E-state index < -0.39 is 0 Å². The summed E-state index contributed by atoms with van der Waals surface area (Å²) in [6, 6.07) is 3.77. The SMILES string of the molecule is COc1ccc2ncc(C)nc2c1Br. The van der Waals surface area contributed by atoms with E-state index in [9.17, 15) is 0 Å². The van der Waals surface area contributed by atoms with Crippen LogP contribution in [0.25, 0.3) is 11.0 Å². The molecule has 0 atom stereocenters. The highest BCUT2D eigenvalue weighted by molar-refractivity contribution is 9.10. The first-order chi connectivity index (χ1) is 6.72. The van der Waals surface area contributed by atoms with Crippen LogP contribution < -0.4 is 4.74 Å². The highest BCUT2D eigenvalue weighted by Crippen LogP contribution is 2.30. The molecule has 14 heavy (non-hydrogen) atoms. The fourth-order valence-corrected chi connectivity index (χ4v) is 1.86. The van der Waals surface area contributed by atoms with Crippen LogP contribution in [0.1, 0.15) is 5.69 Å². The molecule has 2 aromatic rings. The lowest BCUT2D eigenvalue weighted by Gasteiger charge is -2.05. The number of aryl methyl sites for hydroxylation is 1. The molecule has 4 heteroatoms. The van der Waals surface area contributed by atoms with Gasteiger partial charge in [-0.3, -0.25) is 4.98 Å². The number of nitrogens with zero attached hydrogens (tertiary/aromatic N) is 2. The average Bonchev–Trinajstić information content (AvgIpc) is 2.20. The van der Waals surface area contributed by atoms with Gasteiger partial charge in [0.05, 0.1) is 22.8 Å². The molecule has 0 unspecified atom stereocenters. The van der Waals surface area contributed by atoms with Gasteiger partial charge < -0.3 is 4.74 Å². The van der Waals surface area contributed by atoms with Crippen molar-refractivity contribution in [2.24, 2.45) is 0 Å². The highest BCUT2D eigenvalue weighted by Gasteiger charge is 2.07. The minimum Gasteiger partial charge on any atom is -0.495 e. The predicted octanol–water partition coefficient (Wildman–Crippen LogP) is 2.71. The first-order valence-electron chi connectivity index (χ1n) is 4.18. The van der Waals surface area contributed by atoms with Gasteiger partial charge in [0.2, 0.25) is 0 Å². The predicted molar refractivity (Wildman–Crippen MR) is 58.5 cm³/mol. The van der Waals surface area contributed by atoms with Crippen LogP contribution in [0.4, 0.5) is 0 Å². The molecule has 0 aliphatic carbocycles. The standard InChI is InChI=1S/C10H9BrN2O/c1-6-5-12-7-3-4-8(14-2)9(11)10(7)13-6/h3-5H,1-2H3. The zero-order valence-electron chi connectivity index (χ0n) is 7.91. The van der Waals surface area contributed by atoms with E-state index in [1.54, 1.807) is 13.3 Å². The van der Waals surface area contributed by atoms with Crippen LogP contribution in [0.3, 0.4) is 0 Å². The van der Waals surface area contributed by atoms with Crippen LogP contribution in [0.5, 0.6) is 5.75 Å². The molecule has 1 aromatic heterocycles. The zero-order valence-corrected chi connectivity index (χ0v) is 9.50. The number of rotatable bonds is 1. The number of hydrogen-bond donors (Lipinski definition) is 0. The van der Waals surface area contributed by atoms with Crippen LogP contribution in [0, 0.1) is 6.92 Å². The van der Waals surface area contributed by atoms with Crippen molar-refractivity contribution < 1.29 is 4.74 Å². The Labute approximate surface area is 90.3 Å². The molecule has 0 aliphatic rings. The van der Waals surface area contributed by atoms with E-state index in [0.717, 1.165) is 26.9 Å². The van der Waals surface area contributed by atoms with Gasteiger partial charge in [0.15, 0.2) is 0 Å². The topological polar surface area (TPSA) is 35.0 Å². The lowest BCUT2D eigenvalue weighted by molar-refractivity contribution is 0.413. The van der Waals surface area contributed by atoms with Crippen molar-refractivity contribution in [3.8, 4) is 5.75 Å². The van der Waals surface area contributed by atoms with Gasteiger partial charge in [0.1, 0.15) is 11.3 Å². The van der Waals surface area contributed by atoms with Gasteiger partial charge in [-0.1, -0.05) is 0 Å². The molecule has 1 aromatic carbocycles. The fraction of sp³-hybridized carbons (Fsp3) is 0.200. The second-order valence-corrected chi connectivity index (χ2v) is 3.75. The molecule has 0 radical (unpaired) electrons. The molecule has 0 spiro atoms. The zero-order chi connectivity index (χ0) is 10.1. The van der Waals surface area contributed by atoms with Crippen LogP contribution in [0.2, 0.25) is 0 Å². The fourth-order valence-electron chi connectivity index (χ4n) is 1.27. The Bertz CT molecular complexity index is 485. The van der Waals surface area contributed by atoms with Crippen LogP contribution in [-0.4, -0.2) is 17.1 Å². The third-order valence-electron chi connectivity index (χ3n) is 1.96. The van der Waals surface area contributed by atoms with Crippen LogP contribution >= 0.6 is 15.9 Å². The molecule has 0 saturated carbocycles. The maximum atomic E-state index is 5.18. The summed E-state index contributed by atoms with van der Waals surface area (Å²) in [6.07, 6.45) is 1.75. The minimum atomic E-state index is 0.775. The quantitative estimate of drug-likeness (QED) is 0.783. The number of hydrogen-bond acceptors (Lipinski definition) is 3. The van der Waals surface area contributed by atoms with E-state index in [1.165, 1.54) is 0 Å². The molecule has 72 valence electrons. The summed E-state index contributed by atoms with van der Waals surface area (Å²) in [7, 11) is 1.63. The van der Waals surface area contributed by atoms with Gasteiger partial charge in [-0.25, -0.2) is 4.98 Å². The maximum absolute atomic E-state index is 5.18. The minimum absolute atomic E-state index is 0.775. The van der Waals surface area contributed by atoms with Gasteiger partial charge in [-0.15, -0.1) is 0 Å². The van der Waals surface area contributed by atoms with E-state index in [1.807, 2.05) is 19.1 Å². The Balaban J connectivity index is 2.79. The average molecular weight is 253 g/mol. The van der Waals surface area contributed by atoms with Gasteiger partial charge in [0, 0.05) is 6.20 Å². The summed E-state index contributed by atoms with van der Waals surface area (Å²) in [5.41, 5.74) is 2.60. The Morgan fingerprint density at radius 1 is 1.36 bits per heavy atom. The van der Waals surface area contributed by atoms with Crippen molar-refractivity contribution in [1.29, 1.82) is 0 Å². The second-order valence-electron chi connectivity index (χ2n) is 2.96. The lowest BCUT2D eigenvalue weighted by atomic mass is 10.3. The first kappa shape index (κ1) is 9.40. The van der Waals surface area contributed by atoms with Crippen molar-refractivity contribution in [3.63, 3.8) is 0 Å². The molecule has 0 N–H and O–H groups in total. The summed E-state index contributed by atoms with van der Waals surface area (Å²) in [6.45, 7) is 1.92. The third kappa shape index (κ3) is 1.46. The molecule has 3 nitrogen and oxygen atoms in total. The Morgan fingerprint density at radius 3 is 2.86 bits per heavy atom. The maximum Gasteiger partial charge on any atom is 0.135 e. The van der Waals surface area contributed by atoms with E-state index >= 15 is 0 Å². The number of aromatic nitrogens is 2. The first-order valence-corrected chi connectivity index (χ1v) is 4.97. The largest absolute Gasteiger partial charge is 0.495 e. The lowest BCUT2D eigenvalue weighted by Crippen LogP contribution is -1.91. The van der Waals surface area contributed by atoms with Crippen LogP contribution in [-0.2, 0) is 0 Å². The third-order valence-corrected chi connectivity index (χ3v) is 2.72.